The maximum absolute atomic E-state index is 6.43. The highest BCUT2D eigenvalue weighted by molar-refractivity contribution is 5.34. The van der Waals surface area contributed by atoms with Gasteiger partial charge >= 0.3 is 0 Å². The molecule has 0 spiro atoms. The number of rotatable bonds is 2. The van der Waals surface area contributed by atoms with Gasteiger partial charge in [0.2, 0.25) is 0 Å². The minimum absolute atomic E-state index is 0.227. The number of hydrogen-bond acceptors (Lipinski definition) is 1. The monoisotopic (exact) mass is 274 g/mol. The van der Waals surface area contributed by atoms with Gasteiger partial charge in [0.1, 0.15) is 0 Å². The number of hydrogen-bond donors (Lipinski definition) is 1. The molecular weight excluding hydrogens is 244 g/mol. The molecule has 1 aromatic rings. The number of nitrogens with two attached hydrogens (primary N) is 1. The third kappa shape index (κ3) is 2.43. The Morgan fingerprint density at radius 2 is 1.90 bits per heavy atom. The van der Waals surface area contributed by atoms with Gasteiger partial charge in [0.05, 0.1) is 0 Å². The average Bonchev–Trinajstić information content (AvgIpc) is 2.86. The first kappa shape index (κ1) is 14.2. The zero-order chi connectivity index (χ0) is 14.5. The van der Waals surface area contributed by atoms with Crippen molar-refractivity contribution in [1.29, 1.82) is 0 Å². The Labute approximate surface area is 123 Å². The van der Waals surface area contributed by atoms with Crippen LogP contribution in [-0.2, 0) is 13.0 Å². The van der Waals surface area contributed by atoms with Gasteiger partial charge in [-0.15, -0.1) is 0 Å². The van der Waals surface area contributed by atoms with E-state index in [2.05, 4.69) is 38.3 Å². The predicted molar refractivity (Wildman–Crippen MR) is 84.8 cm³/mol. The molecule has 0 bridgehead atoms. The van der Waals surface area contributed by atoms with Crippen LogP contribution in [0.3, 0.4) is 0 Å². The Balaban J connectivity index is 1.96. The molecule has 20 heavy (non-hydrogen) atoms. The smallest absolute Gasteiger partial charge is 0.0318 e. The van der Waals surface area contributed by atoms with Crippen molar-refractivity contribution in [3.8, 4) is 0 Å². The normalized spacial score (nSPS) is 27.6. The molecule has 2 aliphatic carbocycles. The van der Waals surface area contributed by atoms with E-state index in [0.717, 1.165) is 6.42 Å². The molecule has 2 heteroatoms. The fourth-order valence-corrected chi connectivity index (χ4v) is 4.49. The van der Waals surface area contributed by atoms with Crippen LogP contribution < -0.4 is 5.73 Å². The molecule has 0 radical (unpaired) electrons. The molecular formula is C18H30N2. The van der Waals surface area contributed by atoms with Crippen LogP contribution in [0.25, 0.3) is 0 Å². The molecule has 2 aliphatic rings. The molecule has 0 aliphatic heterocycles. The first-order valence-electron chi connectivity index (χ1n) is 8.24. The molecule has 3 rings (SSSR count). The third-order valence-electron chi connectivity index (χ3n) is 5.62. The van der Waals surface area contributed by atoms with E-state index >= 15 is 0 Å². The second-order valence-electron chi connectivity index (χ2n) is 8.44. The summed E-state index contributed by atoms with van der Waals surface area (Å²) in [4.78, 5) is 0. The van der Waals surface area contributed by atoms with E-state index in [-0.39, 0.29) is 6.04 Å². The lowest BCUT2D eigenvalue weighted by molar-refractivity contribution is 0.248. The van der Waals surface area contributed by atoms with Crippen LogP contribution in [-0.4, -0.2) is 4.57 Å². The summed E-state index contributed by atoms with van der Waals surface area (Å²) in [5.41, 5.74) is 11.6. The molecule has 1 heterocycles. The summed E-state index contributed by atoms with van der Waals surface area (Å²) in [6.07, 6.45) is 7.87. The van der Waals surface area contributed by atoms with E-state index in [0.29, 0.717) is 10.8 Å². The SMILES string of the molecule is Cc1cc2c(n1CC1(C)CCCC1)CC(C)(C)CC2N. The van der Waals surface area contributed by atoms with Crippen molar-refractivity contribution >= 4 is 0 Å². The molecule has 1 unspecified atom stereocenters. The summed E-state index contributed by atoms with van der Waals surface area (Å²) >= 11 is 0. The van der Waals surface area contributed by atoms with E-state index in [4.69, 9.17) is 5.73 Å². The van der Waals surface area contributed by atoms with Crippen LogP contribution in [0.5, 0.6) is 0 Å². The van der Waals surface area contributed by atoms with E-state index in [1.165, 1.54) is 55.6 Å². The maximum atomic E-state index is 6.43. The van der Waals surface area contributed by atoms with Gasteiger partial charge in [-0.1, -0.05) is 33.6 Å². The van der Waals surface area contributed by atoms with Crippen molar-refractivity contribution in [2.45, 2.75) is 78.8 Å². The molecule has 1 saturated carbocycles. The van der Waals surface area contributed by atoms with Gasteiger partial charge in [-0.2, -0.15) is 0 Å². The summed E-state index contributed by atoms with van der Waals surface area (Å²) in [5.74, 6) is 0. The van der Waals surface area contributed by atoms with Crippen molar-refractivity contribution in [3.63, 3.8) is 0 Å². The average molecular weight is 274 g/mol. The molecule has 0 amide bonds. The zero-order valence-electron chi connectivity index (χ0n) is 13.6. The largest absolute Gasteiger partial charge is 0.348 e. The van der Waals surface area contributed by atoms with Crippen molar-refractivity contribution in [2.24, 2.45) is 16.6 Å². The summed E-state index contributed by atoms with van der Waals surface area (Å²) < 4.78 is 2.60. The quantitative estimate of drug-likeness (QED) is 0.854. The lowest BCUT2D eigenvalue weighted by Crippen LogP contribution is -2.31. The van der Waals surface area contributed by atoms with Gasteiger partial charge in [-0.25, -0.2) is 0 Å². The van der Waals surface area contributed by atoms with E-state index in [1.54, 1.807) is 0 Å². The van der Waals surface area contributed by atoms with Gasteiger partial charge in [-0.05, 0) is 55.1 Å². The summed E-state index contributed by atoms with van der Waals surface area (Å²) in [5, 5.41) is 0. The Bertz CT molecular complexity index is 504. The molecule has 112 valence electrons. The first-order valence-corrected chi connectivity index (χ1v) is 8.24. The third-order valence-corrected chi connectivity index (χ3v) is 5.62. The van der Waals surface area contributed by atoms with Crippen LogP contribution in [0.4, 0.5) is 0 Å². The fraction of sp³-hybridized carbons (Fsp3) is 0.778. The van der Waals surface area contributed by atoms with Crippen LogP contribution in [0, 0.1) is 17.8 Å². The number of aromatic nitrogens is 1. The zero-order valence-corrected chi connectivity index (χ0v) is 13.6. The minimum atomic E-state index is 0.227. The van der Waals surface area contributed by atoms with Crippen LogP contribution >= 0.6 is 0 Å². The second-order valence-corrected chi connectivity index (χ2v) is 8.44. The Morgan fingerprint density at radius 3 is 2.55 bits per heavy atom. The molecule has 1 atom stereocenters. The molecule has 0 saturated heterocycles. The molecule has 2 N–H and O–H groups in total. The molecule has 1 fully saturated rings. The van der Waals surface area contributed by atoms with Crippen molar-refractivity contribution < 1.29 is 0 Å². The summed E-state index contributed by atoms with van der Waals surface area (Å²) in [7, 11) is 0. The molecule has 1 aromatic heterocycles. The Hall–Kier alpha value is -0.760. The number of aryl methyl sites for hydroxylation is 1. The van der Waals surface area contributed by atoms with Gasteiger partial charge in [0, 0.05) is 24.0 Å². The van der Waals surface area contributed by atoms with Crippen LogP contribution in [0.15, 0.2) is 6.07 Å². The lowest BCUT2D eigenvalue weighted by Gasteiger charge is -2.36. The van der Waals surface area contributed by atoms with Crippen LogP contribution in [0.2, 0.25) is 0 Å². The highest BCUT2D eigenvalue weighted by Crippen LogP contribution is 2.44. The van der Waals surface area contributed by atoms with Gasteiger partial charge < -0.3 is 10.3 Å². The Morgan fingerprint density at radius 1 is 1.25 bits per heavy atom. The van der Waals surface area contributed by atoms with E-state index in [9.17, 15) is 0 Å². The fourth-order valence-electron chi connectivity index (χ4n) is 4.49. The van der Waals surface area contributed by atoms with Gasteiger partial charge in [0.25, 0.3) is 0 Å². The summed E-state index contributed by atoms with van der Waals surface area (Å²) in [6.45, 7) is 10.6. The molecule has 2 nitrogen and oxygen atoms in total. The summed E-state index contributed by atoms with van der Waals surface area (Å²) in [6, 6.07) is 2.58. The predicted octanol–water partition coefficient (Wildman–Crippen LogP) is 4.35. The van der Waals surface area contributed by atoms with E-state index in [1.807, 2.05) is 0 Å². The minimum Gasteiger partial charge on any atom is -0.348 e. The van der Waals surface area contributed by atoms with Gasteiger partial charge in [0.15, 0.2) is 0 Å². The maximum Gasteiger partial charge on any atom is 0.0318 e. The Kier molecular flexibility index (Phi) is 3.28. The first-order chi connectivity index (χ1) is 9.30. The lowest BCUT2D eigenvalue weighted by atomic mass is 9.74. The topological polar surface area (TPSA) is 30.9 Å². The van der Waals surface area contributed by atoms with Crippen molar-refractivity contribution in [3.05, 3.63) is 23.0 Å². The van der Waals surface area contributed by atoms with Crippen molar-refractivity contribution in [1.82, 2.24) is 4.57 Å². The number of fused-ring (bicyclic) bond motifs is 1. The van der Waals surface area contributed by atoms with E-state index < -0.39 is 0 Å². The highest BCUT2D eigenvalue weighted by atomic mass is 15.0. The standard InChI is InChI=1S/C18H30N2/c1-13-9-14-15(19)10-17(2,3)11-16(14)20(13)12-18(4)7-5-6-8-18/h9,15H,5-8,10-12,19H2,1-4H3. The molecule has 0 aromatic carbocycles. The second kappa shape index (κ2) is 4.62. The van der Waals surface area contributed by atoms with Crippen molar-refractivity contribution in [2.75, 3.05) is 0 Å². The van der Waals surface area contributed by atoms with Crippen LogP contribution in [0.1, 0.15) is 75.9 Å². The highest BCUT2D eigenvalue weighted by Gasteiger charge is 2.35. The van der Waals surface area contributed by atoms with Gasteiger partial charge in [-0.3, -0.25) is 0 Å². The number of nitrogens with zero attached hydrogens (tertiary/aromatic N) is 1.